The Morgan fingerprint density at radius 3 is 2.64 bits per heavy atom. The number of aromatic nitrogens is 4. The Kier molecular flexibility index (Phi) is 6.62. The molecule has 1 aliphatic heterocycles. The van der Waals surface area contributed by atoms with Crippen LogP contribution in [0.2, 0.25) is 0 Å². The van der Waals surface area contributed by atoms with Crippen LogP contribution in [-0.2, 0) is 19.1 Å². The van der Waals surface area contributed by atoms with Gasteiger partial charge in [-0.3, -0.25) is 9.78 Å². The van der Waals surface area contributed by atoms with Crippen LogP contribution in [-0.4, -0.2) is 37.9 Å². The minimum Gasteiger partial charge on any atom is -0.480 e. The van der Waals surface area contributed by atoms with E-state index in [1.54, 1.807) is 6.92 Å². The normalized spacial score (nSPS) is 15.3. The number of carbonyl (C=O) groups excluding carboxylic acids is 1. The van der Waals surface area contributed by atoms with E-state index in [0.717, 1.165) is 12.1 Å². The lowest BCUT2D eigenvalue weighted by atomic mass is 9.88. The topological polar surface area (TPSA) is 107 Å². The zero-order valence-corrected chi connectivity index (χ0v) is 20.8. The number of hydrogen-bond donors (Lipinski definition) is 1. The van der Waals surface area contributed by atoms with E-state index >= 15 is 0 Å². The molecule has 0 spiro atoms. The molecule has 3 heterocycles. The number of nitrogens with two attached hydrogens (primary N) is 1. The van der Waals surface area contributed by atoms with Crippen molar-refractivity contribution in [3.8, 4) is 17.1 Å². The highest BCUT2D eigenvalue weighted by molar-refractivity contribution is 5.98. The van der Waals surface area contributed by atoms with E-state index in [1.807, 2.05) is 0 Å². The number of ether oxygens (including phenoxy) is 1. The van der Waals surface area contributed by atoms with Crippen molar-refractivity contribution in [1.29, 1.82) is 0 Å². The van der Waals surface area contributed by atoms with Gasteiger partial charge in [-0.15, -0.1) is 0 Å². The molecule has 0 unspecified atom stereocenters. The molecule has 200 valence electrons. The van der Waals surface area contributed by atoms with Gasteiger partial charge < -0.3 is 15.4 Å². The first-order chi connectivity index (χ1) is 18.5. The van der Waals surface area contributed by atoms with Crippen molar-refractivity contribution in [3.63, 3.8) is 0 Å². The van der Waals surface area contributed by atoms with Crippen LogP contribution in [0.1, 0.15) is 44.5 Å². The average Bonchev–Trinajstić information content (AvgIpc) is 2.89. The number of aryl methyl sites for hydroxylation is 1. The minimum atomic E-state index is -4.55. The Morgan fingerprint density at radius 1 is 1.10 bits per heavy atom. The van der Waals surface area contributed by atoms with E-state index in [-0.39, 0.29) is 35.9 Å². The second kappa shape index (κ2) is 9.93. The van der Waals surface area contributed by atoms with E-state index < -0.39 is 29.5 Å². The lowest BCUT2D eigenvalue weighted by Crippen LogP contribution is -2.41. The Morgan fingerprint density at radius 2 is 1.90 bits per heavy atom. The molecule has 0 aliphatic carbocycles. The van der Waals surface area contributed by atoms with Gasteiger partial charge in [0.2, 0.25) is 11.8 Å². The Hall–Kier alpha value is -4.61. The van der Waals surface area contributed by atoms with E-state index in [0.29, 0.717) is 28.2 Å². The third-order valence-electron chi connectivity index (χ3n) is 6.50. The number of carbonyl (C=O) groups is 1. The van der Waals surface area contributed by atoms with E-state index in [9.17, 15) is 22.4 Å². The Labute approximate surface area is 220 Å². The summed E-state index contributed by atoms with van der Waals surface area (Å²) in [5.74, 6) is -0.845. The fraction of sp³-hybridized carbons (Fsp3) is 0.222. The molecule has 2 N–H and O–H groups in total. The summed E-state index contributed by atoms with van der Waals surface area (Å²) in [6, 6.07) is 8.05. The fourth-order valence-electron chi connectivity index (χ4n) is 4.78. The molecule has 0 bridgehead atoms. The van der Waals surface area contributed by atoms with Gasteiger partial charge in [0.1, 0.15) is 5.82 Å². The number of anilines is 1. The highest BCUT2D eigenvalue weighted by Gasteiger charge is 2.38. The van der Waals surface area contributed by atoms with Gasteiger partial charge in [-0.25, -0.2) is 19.3 Å². The molecular weight excluding hydrogens is 516 g/mol. The summed E-state index contributed by atoms with van der Waals surface area (Å²) < 4.78 is 59.9. The molecule has 0 saturated heterocycles. The first-order valence-corrected chi connectivity index (χ1v) is 11.8. The SMILES string of the molecule is COc1cncc(-c2cc(F)ccc2[C@H]2Cc3nc(N)nc(C)c3C(=O)N2Cc2cccc(C(F)(F)F)c2)n1. The van der Waals surface area contributed by atoms with Gasteiger partial charge in [0, 0.05) is 18.5 Å². The standard InChI is InChI=1S/C27H22F4N6O2/c1-14-24-20(36-26(32)34-14)10-22(37(25(24)38)13-15-4-3-5-16(8-15)27(29,30)31)18-7-6-17(28)9-19(18)21-11-33-12-23(35-21)39-2/h3-9,11-12,22H,10,13H2,1-2H3,(H2,32,34,36)/t22-/m1/s1. The van der Waals surface area contributed by atoms with Crippen molar-refractivity contribution >= 4 is 11.9 Å². The van der Waals surface area contributed by atoms with Crippen LogP contribution < -0.4 is 10.5 Å². The number of alkyl halides is 3. The van der Waals surface area contributed by atoms with Crippen molar-refractivity contribution < 1.29 is 27.1 Å². The van der Waals surface area contributed by atoms with Gasteiger partial charge in [0.15, 0.2) is 0 Å². The summed E-state index contributed by atoms with van der Waals surface area (Å²) in [5.41, 5.74) is 7.42. The van der Waals surface area contributed by atoms with Crippen LogP contribution in [0.3, 0.4) is 0 Å². The maximum Gasteiger partial charge on any atom is 0.416 e. The number of halogens is 4. The summed E-state index contributed by atoms with van der Waals surface area (Å²) in [4.78, 5) is 32.2. The number of hydrogen-bond acceptors (Lipinski definition) is 7. The second-order valence-electron chi connectivity index (χ2n) is 9.02. The van der Waals surface area contributed by atoms with E-state index in [1.165, 1.54) is 54.7 Å². The summed E-state index contributed by atoms with van der Waals surface area (Å²) >= 11 is 0. The predicted molar refractivity (Wildman–Crippen MR) is 133 cm³/mol. The first kappa shape index (κ1) is 26.0. The van der Waals surface area contributed by atoms with Crippen LogP contribution >= 0.6 is 0 Å². The van der Waals surface area contributed by atoms with Crippen LogP contribution in [0.4, 0.5) is 23.5 Å². The molecule has 2 aromatic carbocycles. The van der Waals surface area contributed by atoms with Crippen LogP contribution in [0.15, 0.2) is 54.9 Å². The van der Waals surface area contributed by atoms with E-state index in [4.69, 9.17) is 10.5 Å². The van der Waals surface area contributed by atoms with Crippen molar-refractivity contribution in [3.05, 3.63) is 94.3 Å². The monoisotopic (exact) mass is 538 g/mol. The summed E-state index contributed by atoms with van der Waals surface area (Å²) in [7, 11) is 1.42. The van der Waals surface area contributed by atoms with Crippen molar-refractivity contribution in [2.24, 2.45) is 0 Å². The molecule has 1 amide bonds. The molecule has 1 aliphatic rings. The number of nitrogen functional groups attached to an aromatic ring is 1. The molecule has 2 aromatic heterocycles. The fourth-order valence-corrected chi connectivity index (χ4v) is 4.78. The van der Waals surface area contributed by atoms with Crippen LogP contribution in [0.5, 0.6) is 5.88 Å². The van der Waals surface area contributed by atoms with Crippen LogP contribution in [0, 0.1) is 12.7 Å². The van der Waals surface area contributed by atoms with Crippen molar-refractivity contribution in [1.82, 2.24) is 24.8 Å². The van der Waals surface area contributed by atoms with Crippen molar-refractivity contribution in [2.75, 3.05) is 12.8 Å². The largest absolute Gasteiger partial charge is 0.480 e. The number of nitrogens with zero attached hydrogens (tertiary/aromatic N) is 5. The molecule has 0 saturated carbocycles. The van der Waals surface area contributed by atoms with Gasteiger partial charge in [0.05, 0.1) is 53.8 Å². The molecule has 12 heteroatoms. The summed E-state index contributed by atoms with van der Waals surface area (Å²) in [6.45, 7) is 1.46. The summed E-state index contributed by atoms with van der Waals surface area (Å²) in [5, 5.41) is 0. The molecule has 4 aromatic rings. The number of benzene rings is 2. The van der Waals surface area contributed by atoms with Gasteiger partial charge in [-0.05, 0) is 42.3 Å². The quantitative estimate of drug-likeness (QED) is 0.359. The lowest BCUT2D eigenvalue weighted by Gasteiger charge is -2.38. The maximum atomic E-state index is 14.5. The molecular formula is C27H22F4N6O2. The minimum absolute atomic E-state index is 0.0119. The van der Waals surface area contributed by atoms with Gasteiger partial charge in [-0.1, -0.05) is 18.2 Å². The zero-order chi connectivity index (χ0) is 27.9. The Bertz CT molecular complexity index is 1580. The predicted octanol–water partition coefficient (Wildman–Crippen LogP) is 4.93. The molecule has 39 heavy (non-hydrogen) atoms. The zero-order valence-electron chi connectivity index (χ0n) is 20.8. The number of fused-ring (bicyclic) bond motifs is 1. The number of methoxy groups -OCH3 is 1. The number of amides is 1. The second-order valence-corrected chi connectivity index (χ2v) is 9.02. The van der Waals surface area contributed by atoms with Gasteiger partial charge in [0.25, 0.3) is 5.91 Å². The third kappa shape index (κ3) is 5.09. The average molecular weight is 539 g/mol. The molecule has 8 nitrogen and oxygen atoms in total. The molecule has 1 atom stereocenters. The smallest absolute Gasteiger partial charge is 0.416 e. The first-order valence-electron chi connectivity index (χ1n) is 11.8. The van der Waals surface area contributed by atoms with Gasteiger partial charge in [-0.2, -0.15) is 13.2 Å². The lowest BCUT2D eigenvalue weighted by molar-refractivity contribution is -0.137. The molecule has 5 rings (SSSR count). The third-order valence-corrected chi connectivity index (χ3v) is 6.50. The summed E-state index contributed by atoms with van der Waals surface area (Å²) in [6.07, 6.45) is -1.57. The Balaban J connectivity index is 1.67. The highest BCUT2D eigenvalue weighted by atomic mass is 19.4. The highest BCUT2D eigenvalue weighted by Crippen LogP contribution is 2.40. The van der Waals surface area contributed by atoms with Gasteiger partial charge >= 0.3 is 6.18 Å². The van der Waals surface area contributed by atoms with E-state index in [2.05, 4.69) is 19.9 Å². The van der Waals surface area contributed by atoms with Crippen LogP contribution in [0.25, 0.3) is 11.3 Å². The molecule has 0 fully saturated rings. The number of rotatable bonds is 5. The molecule has 0 radical (unpaired) electrons. The van der Waals surface area contributed by atoms with Crippen molar-refractivity contribution in [2.45, 2.75) is 32.1 Å². The maximum absolute atomic E-state index is 14.5.